The summed E-state index contributed by atoms with van der Waals surface area (Å²) in [6, 6.07) is 13.7. The zero-order chi connectivity index (χ0) is 19.9. The van der Waals surface area contributed by atoms with E-state index in [2.05, 4.69) is 24.2 Å². The maximum absolute atomic E-state index is 12.8. The first kappa shape index (κ1) is 19.5. The van der Waals surface area contributed by atoms with E-state index in [1.54, 1.807) is 6.08 Å². The molecular weight excluding hydrogens is 348 g/mol. The van der Waals surface area contributed by atoms with E-state index in [-0.39, 0.29) is 24.1 Å². The minimum atomic E-state index is -0.336. The Labute approximate surface area is 166 Å². The fourth-order valence-corrected chi connectivity index (χ4v) is 3.74. The van der Waals surface area contributed by atoms with Gasteiger partial charge in [0.05, 0.1) is 0 Å². The van der Waals surface area contributed by atoms with Gasteiger partial charge in [-0.3, -0.25) is 4.79 Å². The van der Waals surface area contributed by atoms with Crippen molar-refractivity contribution in [3.05, 3.63) is 47.5 Å². The Morgan fingerprint density at radius 2 is 2.07 bits per heavy atom. The van der Waals surface area contributed by atoms with Crippen LogP contribution in [-0.2, 0) is 4.79 Å². The highest BCUT2D eigenvalue weighted by Crippen LogP contribution is 2.30. The summed E-state index contributed by atoms with van der Waals surface area (Å²) in [5.41, 5.74) is 0.761. The van der Waals surface area contributed by atoms with Crippen molar-refractivity contribution in [2.45, 2.75) is 38.6 Å². The summed E-state index contributed by atoms with van der Waals surface area (Å²) in [6.07, 6.45) is 11.3. The van der Waals surface area contributed by atoms with E-state index in [0.29, 0.717) is 17.2 Å². The minimum absolute atomic E-state index is 0.0692. The predicted molar refractivity (Wildman–Crippen MR) is 111 cm³/mol. The SMILES string of the molecule is C#CCOc1ccc2ccccc2c1/C=C(\C#N)C(=O)N[C@@H]1CCCC[C@H]1C. The Hall–Kier alpha value is -3.24. The number of ether oxygens (including phenoxy) is 1. The molecule has 2 aromatic carbocycles. The summed E-state index contributed by atoms with van der Waals surface area (Å²) in [5.74, 6) is 3.10. The number of hydrogen-bond acceptors (Lipinski definition) is 3. The normalized spacial score (nSPS) is 19.5. The van der Waals surface area contributed by atoms with Crippen LogP contribution in [0.3, 0.4) is 0 Å². The van der Waals surface area contributed by atoms with Crippen molar-refractivity contribution in [1.82, 2.24) is 5.32 Å². The van der Waals surface area contributed by atoms with Gasteiger partial charge in [0.2, 0.25) is 0 Å². The monoisotopic (exact) mass is 372 g/mol. The quantitative estimate of drug-likeness (QED) is 0.479. The number of nitrogens with zero attached hydrogens (tertiary/aromatic N) is 1. The molecule has 0 aliphatic heterocycles. The van der Waals surface area contributed by atoms with Crippen LogP contribution in [0.15, 0.2) is 42.0 Å². The van der Waals surface area contributed by atoms with E-state index >= 15 is 0 Å². The van der Waals surface area contributed by atoms with Gasteiger partial charge in [0.15, 0.2) is 0 Å². The largest absolute Gasteiger partial charge is 0.480 e. The second-order valence-corrected chi connectivity index (χ2v) is 7.20. The van der Waals surface area contributed by atoms with E-state index in [9.17, 15) is 10.1 Å². The first-order chi connectivity index (χ1) is 13.6. The molecular formula is C24H24N2O2. The van der Waals surface area contributed by atoms with Gasteiger partial charge in [0.1, 0.15) is 24.0 Å². The molecule has 0 bridgehead atoms. The average Bonchev–Trinajstić information content (AvgIpc) is 2.72. The molecule has 0 heterocycles. The molecule has 1 fully saturated rings. The maximum atomic E-state index is 12.8. The van der Waals surface area contributed by atoms with Crippen molar-refractivity contribution in [2.75, 3.05) is 6.61 Å². The Kier molecular flexibility index (Phi) is 6.35. The molecule has 1 N–H and O–H groups in total. The van der Waals surface area contributed by atoms with Crippen LogP contribution in [0, 0.1) is 29.6 Å². The summed E-state index contributed by atoms with van der Waals surface area (Å²) in [7, 11) is 0. The molecule has 0 radical (unpaired) electrons. The molecule has 0 aromatic heterocycles. The lowest BCUT2D eigenvalue weighted by Gasteiger charge is -2.29. The Balaban J connectivity index is 1.96. The third-order valence-corrected chi connectivity index (χ3v) is 5.32. The molecule has 1 aliphatic carbocycles. The maximum Gasteiger partial charge on any atom is 0.262 e. The van der Waals surface area contributed by atoms with Gasteiger partial charge in [-0.2, -0.15) is 5.26 Å². The third-order valence-electron chi connectivity index (χ3n) is 5.32. The zero-order valence-corrected chi connectivity index (χ0v) is 16.1. The standard InChI is InChI=1S/C24H24N2O2/c1-3-14-28-23-13-12-18-9-5-6-10-20(18)21(23)15-19(16-25)24(27)26-22-11-7-4-8-17(22)2/h1,5-6,9-10,12-13,15,17,22H,4,7-8,11,14H2,2H3,(H,26,27)/b19-15+/t17-,22-/m1/s1. The lowest BCUT2D eigenvalue weighted by molar-refractivity contribution is -0.118. The third kappa shape index (κ3) is 4.35. The van der Waals surface area contributed by atoms with Gasteiger partial charge in [-0.05, 0) is 41.7 Å². The molecule has 1 amide bonds. The van der Waals surface area contributed by atoms with E-state index in [0.717, 1.165) is 30.0 Å². The van der Waals surface area contributed by atoms with Crippen LogP contribution < -0.4 is 10.1 Å². The highest BCUT2D eigenvalue weighted by atomic mass is 16.5. The zero-order valence-electron chi connectivity index (χ0n) is 16.1. The van der Waals surface area contributed by atoms with Gasteiger partial charge in [0, 0.05) is 11.6 Å². The van der Waals surface area contributed by atoms with Crippen molar-refractivity contribution >= 4 is 22.8 Å². The van der Waals surface area contributed by atoms with E-state index < -0.39 is 0 Å². The van der Waals surface area contributed by atoms with Crippen LogP contribution in [0.2, 0.25) is 0 Å². The molecule has 0 spiro atoms. The molecule has 28 heavy (non-hydrogen) atoms. The highest BCUT2D eigenvalue weighted by Gasteiger charge is 2.24. The number of benzene rings is 2. The van der Waals surface area contributed by atoms with Crippen LogP contribution in [0.5, 0.6) is 5.75 Å². The number of nitrogens with one attached hydrogen (secondary N) is 1. The summed E-state index contributed by atoms with van der Waals surface area (Å²) in [4.78, 5) is 12.8. The van der Waals surface area contributed by atoms with Crippen molar-refractivity contribution in [2.24, 2.45) is 5.92 Å². The minimum Gasteiger partial charge on any atom is -0.480 e. The molecule has 0 unspecified atom stereocenters. The van der Waals surface area contributed by atoms with Gasteiger partial charge in [-0.1, -0.05) is 56.0 Å². The Bertz CT molecular complexity index is 978. The summed E-state index contributed by atoms with van der Waals surface area (Å²) in [5, 5.41) is 14.6. The first-order valence-corrected chi connectivity index (χ1v) is 9.64. The number of nitriles is 1. The Morgan fingerprint density at radius 1 is 1.29 bits per heavy atom. The van der Waals surface area contributed by atoms with Crippen molar-refractivity contribution in [1.29, 1.82) is 5.26 Å². The number of amides is 1. The molecule has 3 rings (SSSR count). The summed E-state index contributed by atoms with van der Waals surface area (Å²) in [6.45, 7) is 2.27. The van der Waals surface area contributed by atoms with E-state index in [4.69, 9.17) is 11.2 Å². The van der Waals surface area contributed by atoms with Crippen LogP contribution in [0.25, 0.3) is 16.8 Å². The van der Waals surface area contributed by atoms with Crippen molar-refractivity contribution < 1.29 is 9.53 Å². The van der Waals surface area contributed by atoms with Gasteiger partial charge in [0.25, 0.3) is 5.91 Å². The number of terminal acetylenes is 1. The summed E-state index contributed by atoms with van der Waals surface area (Å²) >= 11 is 0. The molecule has 1 aliphatic rings. The fraction of sp³-hybridized carbons (Fsp3) is 0.333. The first-order valence-electron chi connectivity index (χ1n) is 9.64. The molecule has 142 valence electrons. The van der Waals surface area contributed by atoms with E-state index in [1.807, 2.05) is 36.4 Å². The van der Waals surface area contributed by atoms with Gasteiger partial charge in [-0.15, -0.1) is 6.42 Å². The van der Waals surface area contributed by atoms with Gasteiger partial charge < -0.3 is 10.1 Å². The number of carbonyl (C=O) groups is 1. The number of rotatable bonds is 5. The lowest BCUT2D eigenvalue weighted by Crippen LogP contribution is -2.41. The second-order valence-electron chi connectivity index (χ2n) is 7.20. The topological polar surface area (TPSA) is 62.1 Å². The molecule has 2 atom stereocenters. The van der Waals surface area contributed by atoms with Crippen molar-refractivity contribution in [3.63, 3.8) is 0 Å². The average molecular weight is 372 g/mol. The number of carbonyl (C=O) groups excluding carboxylic acids is 1. The second kappa shape index (κ2) is 9.11. The lowest BCUT2D eigenvalue weighted by atomic mass is 9.86. The van der Waals surface area contributed by atoms with Gasteiger partial charge >= 0.3 is 0 Å². The molecule has 4 nitrogen and oxygen atoms in total. The van der Waals surface area contributed by atoms with Crippen LogP contribution >= 0.6 is 0 Å². The molecule has 1 saturated carbocycles. The smallest absolute Gasteiger partial charge is 0.262 e. The molecule has 0 saturated heterocycles. The summed E-state index contributed by atoms with van der Waals surface area (Å²) < 4.78 is 5.66. The predicted octanol–water partition coefficient (Wildman–Crippen LogP) is 4.45. The molecule has 2 aromatic rings. The fourth-order valence-electron chi connectivity index (χ4n) is 3.74. The van der Waals surface area contributed by atoms with Crippen LogP contribution in [0.1, 0.15) is 38.2 Å². The van der Waals surface area contributed by atoms with Crippen LogP contribution in [-0.4, -0.2) is 18.6 Å². The highest BCUT2D eigenvalue weighted by molar-refractivity contribution is 6.05. The number of fused-ring (bicyclic) bond motifs is 1. The number of hydrogen-bond donors (Lipinski definition) is 1. The van der Waals surface area contributed by atoms with Crippen molar-refractivity contribution in [3.8, 4) is 24.2 Å². The van der Waals surface area contributed by atoms with Crippen LogP contribution in [0.4, 0.5) is 0 Å². The molecule has 4 heteroatoms. The van der Waals surface area contributed by atoms with E-state index in [1.165, 1.54) is 6.42 Å². The van der Waals surface area contributed by atoms with Gasteiger partial charge in [-0.25, -0.2) is 0 Å². The Morgan fingerprint density at radius 3 is 2.82 bits per heavy atom.